The van der Waals surface area contributed by atoms with Gasteiger partial charge in [0.2, 0.25) is 0 Å². The largest absolute Gasteiger partial charge is 0.340 e. The van der Waals surface area contributed by atoms with Crippen LogP contribution in [0.1, 0.15) is 18.8 Å². The number of fused-ring (bicyclic) bond motifs is 1. The minimum atomic E-state index is -0.450. The highest BCUT2D eigenvalue weighted by Gasteiger charge is 2.16. The first-order chi connectivity index (χ1) is 7.09. The minimum absolute atomic E-state index is 0.00403. The number of nitrogens with one attached hydrogen (secondary N) is 1. The predicted molar refractivity (Wildman–Crippen MR) is 55.4 cm³/mol. The monoisotopic (exact) mass is 206 g/mol. The standard InChI is InChI=1S/C9H10N4O2/c1-5(10)9-11-6-3-2-4-7(13(14)15)8(6)12-9/h2-5H,10H2,1H3,(H,11,12)/t5-/m0/s1. The SMILES string of the molecule is C[C@H](N)c1nc2c([N+](=O)[O-])cccc2[nH]1. The van der Waals surface area contributed by atoms with Gasteiger partial charge in [-0.1, -0.05) is 6.07 Å². The molecule has 0 fully saturated rings. The zero-order valence-corrected chi connectivity index (χ0v) is 8.10. The van der Waals surface area contributed by atoms with Gasteiger partial charge in [0.25, 0.3) is 5.69 Å². The number of non-ortho nitro benzene ring substituents is 1. The van der Waals surface area contributed by atoms with Gasteiger partial charge in [-0.15, -0.1) is 0 Å². The molecule has 1 aromatic heterocycles. The fourth-order valence-electron chi connectivity index (χ4n) is 1.40. The maximum atomic E-state index is 10.7. The van der Waals surface area contributed by atoms with Crippen LogP contribution >= 0.6 is 0 Å². The van der Waals surface area contributed by atoms with Crippen LogP contribution in [0.3, 0.4) is 0 Å². The Kier molecular flexibility index (Phi) is 2.12. The first-order valence-corrected chi connectivity index (χ1v) is 4.48. The topological polar surface area (TPSA) is 97.8 Å². The maximum absolute atomic E-state index is 10.7. The van der Waals surface area contributed by atoms with Crippen molar-refractivity contribution in [1.82, 2.24) is 9.97 Å². The highest BCUT2D eigenvalue weighted by Crippen LogP contribution is 2.24. The lowest BCUT2D eigenvalue weighted by Gasteiger charge is -1.96. The average molecular weight is 206 g/mol. The second kappa shape index (κ2) is 3.32. The molecule has 0 saturated carbocycles. The highest BCUT2D eigenvalue weighted by molar-refractivity contribution is 5.84. The van der Waals surface area contributed by atoms with Gasteiger partial charge < -0.3 is 10.7 Å². The Morgan fingerprint density at radius 1 is 1.60 bits per heavy atom. The summed E-state index contributed by atoms with van der Waals surface area (Å²) in [4.78, 5) is 17.3. The second-order valence-corrected chi connectivity index (χ2v) is 3.34. The van der Waals surface area contributed by atoms with Crippen molar-refractivity contribution < 1.29 is 4.92 Å². The number of nitro groups is 1. The first-order valence-electron chi connectivity index (χ1n) is 4.48. The number of rotatable bonds is 2. The number of aromatic nitrogens is 2. The smallest absolute Gasteiger partial charge is 0.297 e. The number of benzene rings is 1. The number of aromatic amines is 1. The summed E-state index contributed by atoms with van der Waals surface area (Å²) >= 11 is 0. The Morgan fingerprint density at radius 3 is 2.93 bits per heavy atom. The van der Waals surface area contributed by atoms with Crippen molar-refractivity contribution in [3.63, 3.8) is 0 Å². The van der Waals surface area contributed by atoms with Gasteiger partial charge in [0.1, 0.15) is 5.82 Å². The van der Waals surface area contributed by atoms with Gasteiger partial charge >= 0.3 is 0 Å². The van der Waals surface area contributed by atoms with Crippen LogP contribution in [0.15, 0.2) is 18.2 Å². The predicted octanol–water partition coefficient (Wildman–Crippen LogP) is 1.49. The summed E-state index contributed by atoms with van der Waals surface area (Å²) in [6, 6.07) is 4.51. The van der Waals surface area contributed by atoms with Gasteiger partial charge in [-0.25, -0.2) is 4.98 Å². The van der Waals surface area contributed by atoms with Gasteiger partial charge in [0.15, 0.2) is 5.52 Å². The summed E-state index contributed by atoms with van der Waals surface area (Å²) in [5.74, 6) is 0.555. The second-order valence-electron chi connectivity index (χ2n) is 3.34. The molecule has 6 heteroatoms. The van der Waals surface area contributed by atoms with Crippen LogP contribution in [-0.2, 0) is 0 Å². The lowest BCUT2D eigenvalue weighted by Crippen LogP contribution is -2.06. The lowest BCUT2D eigenvalue weighted by atomic mass is 10.3. The average Bonchev–Trinajstić information content (AvgIpc) is 2.60. The van der Waals surface area contributed by atoms with E-state index in [9.17, 15) is 10.1 Å². The minimum Gasteiger partial charge on any atom is -0.340 e. The van der Waals surface area contributed by atoms with Gasteiger partial charge in [-0.2, -0.15) is 0 Å². The Bertz CT molecular complexity index is 518. The summed E-state index contributed by atoms with van der Waals surface area (Å²) in [6.45, 7) is 1.77. The van der Waals surface area contributed by atoms with E-state index in [2.05, 4.69) is 9.97 Å². The Morgan fingerprint density at radius 2 is 2.33 bits per heavy atom. The number of nitro benzene ring substituents is 1. The molecule has 0 spiro atoms. The van der Waals surface area contributed by atoms with Crippen molar-refractivity contribution >= 4 is 16.7 Å². The van der Waals surface area contributed by atoms with Crippen molar-refractivity contribution in [2.24, 2.45) is 5.73 Å². The molecular weight excluding hydrogens is 196 g/mol. The Hall–Kier alpha value is -1.95. The van der Waals surface area contributed by atoms with Crippen LogP contribution in [0.4, 0.5) is 5.69 Å². The van der Waals surface area contributed by atoms with Crippen LogP contribution in [0, 0.1) is 10.1 Å². The van der Waals surface area contributed by atoms with E-state index in [-0.39, 0.29) is 11.7 Å². The third-order valence-electron chi connectivity index (χ3n) is 2.14. The van der Waals surface area contributed by atoms with Crippen molar-refractivity contribution in [2.45, 2.75) is 13.0 Å². The van der Waals surface area contributed by atoms with E-state index in [4.69, 9.17) is 5.73 Å². The van der Waals surface area contributed by atoms with Crippen molar-refractivity contribution in [2.75, 3.05) is 0 Å². The van der Waals surface area contributed by atoms with E-state index in [1.807, 2.05) is 0 Å². The van der Waals surface area contributed by atoms with Crippen molar-refractivity contribution in [1.29, 1.82) is 0 Å². The van der Waals surface area contributed by atoms with Gasteiger partial charge in [0, 0.05) is 6.07 Å². The van der Waals surface area contributed by atoms with Crippen LogP contribution in [0.25, 0.3) is 11.0 Å². The molecule has 0 saturated heterocycles. The maximum Gasteiger partial charge on any atom is 0.297 e. The van der Waals surface area contributed by atoms with Crippen LogP contribution < -0.4 is 5.73 Å². The number of imidazole rings is 1. The van der Waals surface area contributed by atoms with E-state index in [1.165, 1.54) is 6.07 Å². The number of H-pyrrole nitrogens is 1. The van der Waals surface area contributed by atoms with Gasteiger partial charge in [-0.05, 0) is 13.0 Å². The molecule has 1 aromatic carbocycles. The fraction of sp³-hybridized carbons (Fsp3) is 0.222. The van der Waals surface area contributed by atoms with Gasteiger partial charge in [-0.3, -0.25) is 10.1 Å². The molecule has 0 radical (unpaired) electrons. The number of nitrogens with two attached hydrogens (primary N) is 1. The quantitative estimate of drug-likeness (QED) is 0.574. The molecule has 0 aliphatic heterocycles. The highest BCUT2D eigenvalue weighted by atomic mass is 16.6. The van der Waals surface area contributed by atoms with E-state index in [0.717, 1.165) is 0 Å². The number of para-hydroxylation sites is 1. The third kappa shape index (κ3) is 1.55. The summed E-state index contributed by atoms with van der Waals surface area (Å²) < 4.78 is 0. The van der Waals surface area contributed by atoms with Crippen molar-refractivity contribution in [3.8, 4) is 0 Å². The number of hydrogen-bond acceptors (Lipinski definition) is 4. The van der Waals surface area contributed by atoms with E-state index >= 15 is 0 Å². The molecule has 2 aromatic rings. The van der Waals surface area contributed by atoms with E-state index < -0.39 is 4.92 Å². The van der Waals surface area contributed by atoms with Crippen LogP contribution in [0.2, 0.25) is 0 Å². The first kappa shape index (κ1) is 9.60. The zero-order valence-electron chi connectivity index (χ0n) is 8.10. The number of hydrogen-bond donors (Lipinski definition) is 2. The molecule has 15 heavy (non-hydrogen) atoms. The molecule has 0 bridgehead atoms. The molecule has 1 heterocycles. The molecular formula is C9H10N4O2. The molecule has 2 rings (SSSR count). The number of nitrogens with zero attached hydrogens (tertiary/aromatic N) is 2. The van der Waals surface area contributed by atoms with E-state index in [0.29, 0.717) is 16.9 Å². The van der Waals surface area contributed by atoms with Gasteiger partial charge in [0.05, 0.1) is 16.5 Å². The molecule has 0 aliphatic carbocycles. The molecule has 0 aliphatic rings. The molecule has 6 nitrogen and oxygen atoms in total. The Balaban J connectivity index is 2.70. The molecule has 1 atom stereocenters. The van der Waals surface area contributed by atoms with Crippen LogP contribution in [-0.4, -0.2) is 14.9 Å². The molecule has 78 valence electrons. The van der Waals surface area contributed by atoms with Crippen LogP contribution in [0.5, 0.6) is 0 Å². The summed E-state index contributed by atoms with van der Waals surface area (Å²) in [6.07, 6.45) is 0. The summed E-state index contributed by atoms with van der Waals surface area (Å²) in [5.41, 5.74) is 6.63. The third-order valence-corrected chi connectivity index (χ3v) is 2.14. The summed E-state index contributed by atoms with van der Waals surface area (Å²) in [5, 5.41) is 10.7. The normalized spacial score (nSPS) is 12.9. The lowest BCUT2D eigenvalue weighted by molar-refractivity contribution is -0.383. The molecule has 3 N–H and O–H groups in total. The fourth-order valence-corrected chi connectivity index (χ4v) is 1.40. The Labute approximate surface area is 85.3 Å². The molecule has 0 amide bonds. The van der Waals surface area contributed by atoms with E-state index in [1.54, 1.807) is 19.1 Å². The summed E-state index contributed by atoms with van der Waals surface area (Å²) in [7, 11) is 0. The van der Waals surface area contributed by atoms with Crippen molar-refractivity contribution in [3.05, 3.63) is 34.1 Å². The molecule has 0 unspecified atom stereocenters. The zero-order chi connectivity index (χ0) is 11.0.